The molecule has 0 spiro atoms. The average molecular weight is 282 g/mol. The highest BCUT2D eigenvalue weighted by Crippen LogP contribution is 2.35. The smallest absolute Gasteiger partial charge is 0.420 e. The molecule has 1 aromatic heterocycles. The maximum absolute atomic E-state index is 12.8. The molecule has 0 radical (unpaired) electrons. The number of nitrogens with zero attached hydrogens (tertiary/aromatic N) is 1. The molecular weight excluding hydrogens is 269 g/mol. The number of rotatable bonds is 4. The standard InChI is InChI=1S/C14H13F3N2O/c15-14(16,17)11-6-7-19-8-13(11)20-9-12(18)10-4-2-1-3-5-10/h1-8,12H,9,18H2. The van der Waals surface area contributed by atoms with Gasteiger partial charge in [-0.1, -0.05) is 30.3 Å². The first-order valence-corrected chi connectivity index (χ1v) is 5.93. The molecule has 2 N–H and O–H groups in total. The molecule has 0 aliphatic rings. The summed E-state index contributed by atoms with van der Waals surface area (Å²) in [5, 5.41) is 0. The fourth-order valence-electron chi connectivity index (χ4n) is 1.71. The lowest BCUT2D eigenvalue weighted by Crippen LogP contribution is -2.20. The van der Waals surface area contributed by atoms with Crippen LogP contribution in [0, 0.1) is 0 Å². The van der Waals surface area contributed by atoms with Crippen molar-refractivity contribution in [2.75, 3.05) is 6.61 Å². The lowest BCUT2D eigenvalue weighted by atomic mass is 10.1. The molecule has 0 fully saturated rings. The average Bonchev–Trinajstić information content (AvgIpc) is 2.45. The fourth-order valence-corrected chi connectivity index (χ4v) is 1.71. The van der Waals surface area contributed by atoms with E-state index in [0.717, 1.165) is 24.0 Å². The Bertz CT molecular complexity index is 558. The zero-order valence-corrected chi connectivity index (χ0v) is 10.5. The zero-order valence-electron chi connectivity index (χ0n) is 10.5. The van der Waals surface area contributed by atoms with Gasteiger partial charge in [-0.2, -0.15) is 13.2 Å². The first-order chi connectivity index (χ1) is 9.48. The van der Waals surface area contributed by atoms with E-state index in [1.165, 1.54) is 0 Å². The molecule has 1 heterocycles. The third-order valence-corrected chi connectivity index (χ3v) is 2.74. The molecule has 1 unspecified atom stereocenters. The Labute approximate surface area is 114 Å². The minimum absolute atomic E-state index is 0.0568. The number of benzene rings is 1. The van der Waals surface area contributed by atoms with Gasteiger partial charge in [0.2, 0.25) is 0 Å². The Kier molecular flexibility index (Phi) is 4.24. The van der Waals surface area contributed by atoms with Gasteiger partial charge in [0.15, 0.2) is 0 Å². The quantitative estimate of drug-likeness (QED) is 0.937. The molecule has 0 amide bonds. The summed E-state index contributed by atoms with van der Waals surface area (Å²) >= 11 is 0. The molecule has 2 rings (SSSR count). The highest BCUT2D eigenvalue weighted by molar-refractivity contribution is 5.32. The first kappa shape index (κ1) is 14.3. The van der Waals surface area contributed by atoms with Gasteiger partial charge in [-0.05, 0) is 11.6 Å². The Balaban J connectivity index is 2.08. The molecule has 1 atom stereocenters. The van der Waals surface area contributed by atoms with E-state index in [2.05, 4.69) is 4.98 Å². The molecule has 0 bridgehead atoms. The summed E-state index contributed by atoms with van der Waals surface area (Å²) in [7, 11) is 0. The van der Waals surface area contributed by atoms with Crippen molar-refractivity contribution < 1.29 is 17.9 Å². The van der Waals surface area contributed by atoms with Crippen molar-refractivity contribution in [3.8, 4) is 5.75 Å². The van der Waals surface area contributed by atoms with Crippen molar-refractivity contribution in [3.05, 3.63) is 59.9 Å². The van der Waals surface area contributed by atoms with E-state index in [4.69, 9.17) is 10.5 Å². The lowest BCUT2D eigenvalue weighted by Gasteiger charge is -2.16. The highest BCUT2D eigenvalue weighted by Gasteiger charge is 2.34. The number of aromatic nitrogens is 1. The second kappa shape index (κ2) is 5.92. The predicted octanol–water partition coefficient (Wildman–Crippen LogP) is 3.18. The van der Waals surface area contributed by atoms with Crippen LogP contribution in [0.25, 0.3) is 0 Å². The van der Waals surface area contributed by atoms with Gasteiger partial charge in [0, 0.05) is 6.20 Å². The van der Waals surface area contributed by atoms with E-state index in [0.29, 0.717) is 0 Å². The van der Waals surface area contributed by atoms with Crippen molar-refractivity contribution in [2.24, 2.45) is 5.73 Å². The summed E-state index contributed by atoms with van der Waals surface area (Å²) in [6.45, 7) is -0.0568. The van der Waals surface area contributed by atoms with E-state index in [-0.39, 0.29) is 12.4 Å². The van der Waals surface area contributed by atoms with E-state index in [9.17, 15) is 13.2 Å². The van der Waals surface area contributed by atoms with Crippen molar-refractivity contribution >= 4 is 0 Å². The minimum Gasteiger partial charge on any atom is -0.489 e. The highest BCUT2D eigenvalue weighted by atomic mass is 19.4. The number of alkyl halides is 3. The molecule has 106 valence electrons. The molecule has 20 heavy (non-hydrogen) atoms. The molecule has 6 heteroatoms. The number of hydrogen-bond donors (Lipinski definition) is 1. The van der Waals surface area contributed by atoms with Crippen LogP contribution >= 0.6 is 0 Å². The second-order valence-corrected chi connectivity index (χ2v) is 4.20. The van der Waals surface area contributed by atoms with Gasteiger partial charge in [0.25, 0.3) is 0 Å². The van der Waals surface area contributed by atoms with E-state index >= 15 is 0 Å². The molecule has 0 saturated heterocycles. The van der Waals surface area contributed by atoms with Gasteiger partial charge >= 0.3 is 6.18 Å². The third kappa shape index (κ3) is 3.48. The monoisotopic (exact) mass is 282 g/mol. The summed E-state index contributed by atoms with van der Waals surface area (Å²) in [4.78, 5) is 3.64. The molecule has 1 aromatic carbocycles. The largest absolute Gasteiger partial charge is 0.489 e. The molecule has 0 aliphatic heterocycles. The number of nitrogens with two attached hydrogens (primary N) is 1. The van der Waals surface area contributed by atoms with Crippen LogP contribution < -0.4 is 10.5 Å². The maximum Gasteiger partial charge on any atom is 0.420 e. The molecule has 0 saturated carbocycles. The van der Waals surface area contributed by atoms with Gasteiger partial charge in [0.1, 0.15) is 17.9 Å². The summed E-state index contributed by atoms with van der Waals surface area (Å²) < 4.78 is 43.4. The van der Waals surface area contributed by atoms with Crippen LogP contribution in [-0.2, 0) is 6.18 Å². The number of halogens is 3. The molecular formula is C14H13F3N2O. The van der Waals surface area contributed by atoms with Gasteiger partial charge in [-0.3, -0.25) is 4.98 Å². The Hall–Kier alpha value is -2.08. The Morgan fingerprint density at radius 2 is 1.85 bits per heavy atom. The van der Waals surface area contributed by atoms with Crippen LogP contribution in [0.5, 0.6) is 5.75 Å². The van der Waals surface area contributed by atoms with Crippen LogP contribution in [-0.4, -0.2) is 11.6 Å². The van der Waals surface area contributed by atoms with Crippen LogP contribution in [0.2, 0.25) is 0 Å². The van der Waals surface area contributed by atoms with Gasteiger partial charge < -0.3 is 10.5 Å². The maximum atomic E-state index is 12.8. The summed E-state index contributed by atoms with van der Waals surface area (Å²) in [6.07, 6.45) is -2.36. The van der Waals surface area contributed by atoms with Crippen LogP contribution in [0.3, 0.4) is 0 Å². The lowest BCUT2D eigenvalue weighted by molar-refractivity contribution is -0.139. The zero-order chi connectivity index (χ0) is 14.6. The van der Waals surface area contributed by atoms with E-state index in [1.54, 1.807) is 24.3 Å². The normalized spacial score (nSPS) is 13.0. The summed E-state index contributed by atoms with van der Waals surface area (Å²) in [5.74, 6) is -0.314. The molecule has 3 nitrogen and oxygen atoms in total. The second-order valence-electron chi connectivity index (χ2n) is 4.20. The predicted molar refractivity (Wildman–Crippen MR) is 68.1 cm³/mol. The van der Waals surface area contributed by atoms with Gasteiger partial charge in [-0.15, -0.1) is 0 Å². The fraction of sp³-hybridized carbons (Fsp3) is 0.214. The molecule has 0 aliphatic carbocycles. The van der Waals surface area contributed by atoms with Gasteiger partial charge in [0.05, 0.1) is 12.2 Å². The Morgan fingerprint density at radius 1 is 1.15 bits per heavy atom. The van der Waals surface area contributed by atoms with Crippen molar-refractivity contribution in [1.29, 1.82) is 0 Å². The van der Waals surface area contributed by atoms with E-state index in [1.807, 2.05) is 6.07 Å². The minimum atomic E-state index is -4.48. The van der Waals surface area contributed by atoms with Crippen molar-refractivity contribution in [2.45, 2.75) is 12.2 Å². The number of pyridine rings is 1. The first-order valence-electron chi connectivity index (χ1n) is 5.93. The van der Waals surface area contributed by atoms with Gasteiger partial charge in [-0.25, -0.2) is 0 Å². The summed E-state index contributed by atoms with van der Waals surface area (Å²) in [5.41, 5.74) is 5.82. The SMILES string of the molecule is NC(COc1cnccc1C(F)(F)F)c1ccccc1. The topological polar surface area (TPSA) is 48.1 Å². The van der Waals surface area contributed by atoms with E-state index < -0.39 is 17.8 Å². The van der Waals surface area contributed by atoms with Crippen molar-refractivity contribution in [3.63, 3.8) is 0 Å². The van der Waals surface area contributed by atoms with Crippen molar-refractivity contribution in [1.82, 2.24) is 4.98 Å². The van der Waals surface area contributed by atoms with Crippen LogP contribution in [0.4, 0.5) is 13.2 Å². The number of ether oxygens (including phenoxy) is 1. The summed E-state index contributed by atoms with van der Waals surface area (Å²) in [6, 6.07) is 9.41. The number of hydrogen-bond acceptors (Lipinski definition) is 3. The Morgan fingerprint density at radius 3 is 2.50 bits per heavy atom. The van der Waals surface area contributed by atoms with Crippen LogP contribution in [0.15, 0.2) is 48.8 Å². The third-order valence-electron chi connectivity index (χ3n) is 2.74. The molecule has 2 aromatic rings. The van der Waals surface area contributed by atoms with Crippen LogP contribution in [0.1, 0.15) is 17.2 Å².